The molecule has 0 bridgehead atoms. The highest BCUT2D eigenvalue weighted by Gasteiger charge is 2.50. The van der Waals surface area contributed by atoms with Gasteiger partial charge in [0.25, 0.3) is 0 Å². The molecule has 1 fully saturated rings. The van der Waals surface area contributed by atoms with E-state index in [0.717, 1.165) is 32.4 Å². The van der Waals surface area contributed by atoms with E-state index >= 15 is 0 Å². The molecule has 1 unspecified atom stereocenters. The van der Waals surface area contributed by atoms with Crippen LogP contribution in [0.3, 0.4) is 0 Å². The molecule has 30 heavy (non-hydrogen) atoms. The van der Waals surface area contributed by atoms with Crippen LogP contribution in [0, 0.1) is 16.7 Å². The summed E-state index contributed by atoms with van der Waals surface area (Å²) in [7, 11) is 0. The van der Waals surface area contributed by atoms with Crippen LogP contribution in [0.1, 0.15) is 56.5 Å². The Labute approximate surface area is 186 Å². The van der Waals surface area contributed by atoms with Gasteiger partial charge in [-0.25, -0.2) is 9.97 Å². The number of halogens is 1. The first kappa shape index (κ1) is 21.4. The zero-order valence-corrected chi connectivity index (χ0v) is 19.1. The number of aromatic nitrogens is 2. The zero-order valence-electron chi connectivity index (χ0n) is 17.5. The molecule has 0 radical (unpaired) electrons. The summed E-state index contributed by atoms with van der Waals surface area (Å²) in [5, 5.41) is 9.16. The minimum atomic E-state index is -1.15. The Balaban J connectivity index is 1.56. The van der Waals surface area contributed by atoms with Gasteiger partial charge in [-0.05, 0) is 51.2 Å². The average molecular weight is 444 g/mol. The Hall–Kier alpha value is -1.85. The monoisotopic (exact) mass is 443 g/mol. The molecule has 1 saturated heterocycles. The number of nitrogens with zero attached hydrogens (tertiary/aromatic N) is 4. The van der Waals surface area contributed by atoms with Crippen LogP contribution in [0.2, 0.25) is 5.15 Å². The SMILES string of the molecule is CC(C)(C)[S+]([O-])N[C@@H]1c2ccccc2CC12CCN(c1cnc(C#N)c(Cl)n1)CC2. The van der Waals surface area contributed by atoms with E-state index in [9.17, 15) is 4.55 Å². The smallest absolute Gasteiger partial charge is 0.178 e. The molecule has 4 rings (SSSR count). The second kappa shape index (κ2) is 8.01. The number of fused-ring (bicyclic) bond motifs is 1. The van der Waals surface area contributed by atoms with Crippen molar-refractivity contribution in [1.29, 1.82) is 5.26 Å². The maximum atomic E-state index is 13.0. The number of hydrogen-bond donors (Lipinski definition) is 1. The van der Waals surface area contributed by atoms with Crippen molar-refractivity contribution in [3.63, 3.8) is 0 Å². The molecule has 1 aliphatic carbocycles. The lowest BCUT2D eigenvalue weighted by molar-refractivity contribution is 0.176. The molecule has 2 atom stereocenters. The molecule has 2 heterocycles. The summed E-state index contributed by atoms with van der Waals surface area (Å²) in [6, 6.07) is 10.5. The van der Waals surface area contributed by atoms with Gasteiger partial charge in [0.05, 0.1) is 12.2 Å². The first-order chi connectivity index (χ1) is 14.2. The quantitative estimate of drug-likeness (QED) is 0.723. The van der Waals surface area contributed by atoms with Gasteiger partial charge in [-0.15, -0.1) is 4.72 Å². The van der Waals surface area contributed by atoms with Crippen molar-refractivity contribution in [2.24, 2.45) is 5.41 Å². The third-order valence-electron chi connectivity index (χ3n) is 6.21. The number of piperidine rings is 1. The lowest BCUT2D eigenvalue weighted by Crippen LogP contribution is -2.49. The van der Waals surface area contributed by atoms with Crippen molar-refractivity contribution in [3.05, 3.63) is 52.4 Å². The molecule has 0 saturated carbocycles. The molecule has 1 N–H and O–H groups in total. The van der Waals surface area contributed by atoms with Gasteiger partial charge in [-0.2, -0.15) is 5.26 Å². The summed E-state index contributed by atoms with van der Waals surface area (Å²) >= 11 is 4.94. The molecule has 2 aromatic rings. The summed E-state index contributed by atoms with van der Waals surface area (Å²) in [5.41, 5.74) is 2.78. The minimum Gasteiger partial charge on any atom is -0.598 e. The van der Waals surface area contributed by atoms with Crippen molar-refractivity contribution in [2.75, 3.05) is 18.0 Å². The molecule has 1 aliphatic heterocycles. The molecule has 158 valence electrons. The predicted molar refractivity (Wildman–Crippen MR) is 120 cm³/mol. The van der Waals surface area contributed by atoms with E-state index in [1.54, 1.807) is 6.20 Å². The Morgan fingerprint density at radius 1 is 1.30 bits per heavy atom. The molecule has 0 amide bonds. The van der Waals surface area contributed by atoms with Gasteiger partial charge >= 0.3 is 0 Å². The van der Waals surface area contributed by atoms with Crippen LogP contribution in [0.15, 0.2) is 30.5 Å². The van der Waals surface area contributed by atoms with Crippen LogP contribution in [0.5, 0.6) is 0 Å². The first-order valence-corrected chi connectivity index (χ1v) is 11.7. The highest BCUT2D eigenvalue weighted by atomic mass is 35.5. The van der Waals surface area contributed by atoms with E-state index in [1.807, 2.05) is 26.8 Å². The Morgan fingerprint density at radius 2 is 2.00 bits per heavy atom. The summed E-state index contributed by atoms with van der Waals surface area (Å²) in [5.74, 6) is 0.701. The van der Waals surface area contributed by atoms with E-state index in [1.165, 1.54) is 11.1 Å². The number of anilines is 1. The second-order valence-electron chi connectivity index (χ2n) is 9.14. The largest absolute Gasteiger partial charge is 0.598 e. The van der Waals surface area contributed by atoms with E-state index in [-0.39, 0.29) is 27.1 Å². The summed E-state index contributed by atoms with van der Waals surface area (Å²) in [6.45, 7) is 7.62. The van der Waals surface area contributed by atoms with Crippen LogP contribution >= 0.6 is 11.6 Å². The van der Waals surface area contributed by atoms with Crippen molar-refractivity contribution in [1.82, 2.24) is 14.7 Å². The van der Waals surface area contributed by atoms with Crippen LogP contribution in [0.25, 0.3) is 0 Å². The fourth-order valence-electron chi connectivity index (χ4n) is 4.49. The van der Waals surface area contributed by atoms with E-state index in [0.29, 0.717) is 5.82 Å². The van der Waals surface area contributed by atoms with Crippen molar-refractivity contribution < 1.29 is 4.55 Å². The van der Waals surface area contributed by atoms with Gasteiger partial charge in [0.2, 0.25) is 0 Å². The van der Waals surface area contributed by atoms with Gasteiger partial charge in [0, 0.05) is 29.9 Å². The maximum Gasteiger partial charge on any atom is 0.178 e. The molecular formula is C22H26ClN5OS. The molecule has 8 heteroatoms. The number of hydrogen-bond acceptors (Lipinski definition) is 6. The van der Waals surface area contributed by atoms with E-state index in [4.69, 9.17) is 16.9 Å². The minimum absolute atomic E-state index is 0.0188. The third-order valence-corrected chi connectivity index (χ3v) is 8.03. The molecular weight excluding hydrogens is 418 g/mol. The van der Waals surface area contributed by atoms with Crippen LogP contribution < -0.4 is 9.62 Å². The normalized spacial score (nSPS) is 21.3. The number of rotatable bonds is 3. The van der Waals surface area contributed by atoms with Crippen LogP contribution in [-0.4, -0.2) is 32.4 Å². The summed E-state index contributed by atoms with van der Waals surface area (Å²) in [6.07, 6.45) is 4.49. The van der Waals surface area contributed by atoms with Gasteiger partial charge in [0.15, 0.2) is 10.8 Å². The molecule has 2 aliphatic rings. The topological polar surface area (TPSA) is 87.9 Å². The van der Waals surface area contributed by atoms with Gasteiger partial charge in [-0.3, -0.25) is 0 Å². The Morgan fingerprint density at radius 3 is 2.63 bits per heavy atom. The fourth-order valence-corrected chi connectivity index (χ4v) is 5.61. The fraction of sp³-hybridized carbons (Fsp3) is 0.500. The average Bonchev–Trinajstić information content (AvgIpc) is 3.00. The Bertz CT molecular complexity index is 978. The summed E-state index contributed by atoms with van der Waals surface area (Å²) in [4.78, 5) is 10.7. The molecule has 1 aromatic heterocycles. The van der Waals surface area contributed by atoms with E-state index < -0.39 is 11.4 Å². The lowest BCUT2D eigenvalue weighted by atomic mass is 9.73. The van der Waals surface area contributed by atoms with Gasteiger partial charge in [-0.1, -0.05) is 35.9 Å². The van der Waals surface area contributed by atoms with Crippen molar-refractivity contribution in [2.45, 2.75) is 50.8 Å². The van der Waals surface area contributed by atoms with Crippen molar-refractivity contribution in [3.8, 4) is 6.07 Å². The van der Waals surface area contributed by atoms with Gasteiger partial charge in [0.1, 0.15) is 16.6 Å². The van der Waals surface area contributed by atoms with Crippen LogP contribution in [-0.2, 0) is 17.8 Å². The maximum absolute atomic E-state index is 13.0. The number of benzene rings is 1. The van der Waals surface area contributed by atoms with Crippen molar-refractivity contribution >= 4 is 28.8 Å². The molecule has 1 aromatic carbocycles. The second-order valence-corrected chi connectivity index (χ2v) is 11.5. The lowest BCUT2D eigenvalue weighted by Gasteiger charge is -2.44. The van der Waals surface area contributed by atoms with E-state index in [2.05, 4.69) is 43.9 Å². The Kier molecular flexibility index (Phi) is 5.71. The third kappa shape index (κ3) is 3.90. The zero-order chi connectivity index (χ0) is 21.5. The highest BCUT2D eigenvalue weighted by Crippen LogP contribution is 2.52. The predicted octanol–water partition coefficient (Wildman–Crippen LogP) is 3.94. The highest BCUT2D eigenvalue weighted by molar-refractivity contribution is 7.90. The van der Waals surface area contributed by atoms with Crippen LogP contribution in [0.4, 0.5) is 5.82 Å². The number of nitriles is 1. The van der Waals surface area contributed by atoms with Gasteiger partial charge < -0.3 is 9.45 Å². The summed E-state index contributed by atoms with van der Waals surface area (Å²) < 4.78 is 16.1. The molecule has 6 nitrogen and oxygen atoms in total. The first-order valence-electron chi connectivity index (χ1n) is 10.2. The number of nitrogens with one attached hydrogen (secondary N) is 1. The standard InChI is InChI=1S/C22H26ClN5OS/c1-21(2,3)30(29)27-19-16-7-5-4-6-15(16)12-22(19)8-10-28(11-9-22)18-14-25-17(13-24)20(23)26-18/h4-7,14,19,27H,8-12H2,1-3H3/t19-,30?/m1/s1. The molecule has 1 spiro atoms.